The Morgan fingerprint density at radius 2 is 2.05 bits per heavy atom. The molecule has 4 nitrogen and oxygen atoms in total. The van der Waals surface area contributed by atoms with Crippen LogP contribution in [-0.2, 0) is 6.42 Å². The van der Waals surface area contributed by atoms with Crippen molar-refractivity contribution in [3.63, 3.8) is 0 Å². The van der Waals surface area contributed by atoms with E-state index in [1.807, 2.05) is 13.0 Å². The Kier molecular flexibility index (Phi) is 3.89. The molecule has 0 radical (unpaired) electrons. The van der Waals surface area contributed by atoms with Gasteiger partial charge >= 0.3 is 0 Å². The molecule has 5 heteroatoms. The molecule has 0 aliphatic heterocycles. The van der Waals surface area contributed by atoms with Crippen molar-refractivity contribution in [1.82, 2.24) is 0 Å². The highest BCUT2D eigenvalue weighted by Crippen LogP contribution is 2.22. The lowest BCUT2D eigenvalue weighted by Gasteiger charge is -2.09. The number of hydrogen-bond acceptors (Lipinski definition) is 3. The predicted molar refractivity (Wildman–Crippen MR) is 76.3 cm³/mol. The number of carbonyl (C=O) groups excluding carboxylic acids is 1. The molecule has 20 heavy (non-hydrogen) atoms. The SMILES string of the molecule is CCc1ccc(NC(=O)c2ccc(F)cc2O)cc1N. The number of nitrogens with two attached hydrogens (primary N) is 1. The summed E-state index contributed by atoms with van der Waals surface area (Å²) < 4.78 is 12.9. The standard InChI is InChI=1S/C15H15FN2O2/c1-2-9-3-5-11(8-13(9)17)18-15(20)12-6-4-10(16)7-14(12)19/h3-8,19H,2,17H2,1H3,(H,18,20). The maximum atomic E-state index is 12.9. The van der Waals surface area contributed by atoms with E-state index in [0.29, 0.717) is 11.4 Å². The summed E-state index contributed by atoms with van der Waals surface area (Å²) in [4.78, 5) is 12.0. The van der Waals surface area contributed by atoms with Crippen LogP contribution in [0.5, 0.6) is 5.75 Å². The predicted octanol–water partition coefficient (Wildman–Crippen LogP) is 2.93. The number of carbonyl (C=O) groups is 1. The van der Waals surface area contributed by atoms with Crippen molar-refractivity contribution in [3.05, 3.63) is 53.3 Å². The van der Waals surface area contributed by atoms with Crippen LogP contribution in [0.15, 0.2) is 36.4 Å². The monoisotopic (exact) mass is 274 g/mol. The van der Waals surface area contributed by atoms with Crippen LogP contribution in [0.1, 0.15) is 22.8 Å². The number of nitrogens with one attached hydrogen (secondary N) is 1. The van der Waals surface area contributed by atoms with Gasteiger partial charge < -0.3 is 16.2 Å². The smallest absolute Gasteiger partial charge is 0.259 e. The fourth-order valence-corrected chi connectivity index (χ4v) is 1.89. The van der Waals surface area contributed by atoms with E-state index in [1.165, 1.54) is 6.07 Å². The molecular weight excluding hydrogens is 259 g/mol. The Morgan fingerprint density at radius 1 is 1.30 bits per heavy atom. The highest BCUT2D eigenvalue weighted by Gasteiger charge is 2.12. The minimum atomic E-state index is -0.601. The molecule has 0 unspecified atom stereocenters. The molecule has 0 saturated heterocycles. The lowest BCUT2D eigenvalue weighted by atomic mass is 10.1. The van der Waals surface area contributed by atoms with E-state index >= 15 is 0 Å². The topological polar surface area (TPSA) is 75.3 Å². The van der Waals surface area contributed by atoms with E-state index in [0.717, 1.165) is 24.1 Å². The largest absolute Gasteiger partial charge is 0.507 e. The number of hydrogen-bond donors (Lipinski definition) is 3. The van der Waals surface area contributed by atoms with Crippen molar-refractivity contribution in [3.8, 4) is 5.75 Å². The molecule has 2 aromatic rings. The Bertz CT molecular complexity index is 656. The lowest BCUT2D eigenvalue weighted by Crippen LogP contribution is -2.12. The maximum Gasteiger partial charge on any atom is 0.259 e. The molecule has 0 spiro atoms. The van der Waals surface area contributed by atoms with Gasteiger partial charge in [-0.25, -0.2) is 4.39 Å². The second-order valence-corrected chi connectivity index (χ2v) is 4.38. The van der Waals surface area contributed by atoms with E-state index in [-0.39, 0.29) is 5.56 Å². The number of anilines is 2. The number of amides is 1. The summed E-state index contributed by atoms with van der Waals surface area (Å²) in [7, 11) is 0. The third kappa shape index (κ3) is 2.88. The van der Waals surface area contributed by atoms with Crippen LogP contribution in [0.25, 0.3) is 0 Å². The zero-order valence-corrected chi connectivity index (χ0v) is 11.0. The van der Waals surface area contributed by atoms with Crippen molar-refractivity contribution in [1.29, 1.82) is 0 Å². The van der Waals surface area contributed by atoms with Crippen LogP contribution in [0.4, 0.5) is 15.8 Å². The van der Waals surface area contributed by atoms with Crippen LogP contribution in [0.2, 0.25) is 0 Å². The van der Waals surface area contributed by atoms with Crippen molar-refractivity contribution in [2.75, 3.05) is 11.1 Å². The number of benzene rings is 2. The van der Waals surface area contributed by atoms with Crippen molar-refractivity contribution < 1.29 is 14.3 Å². The van der Waals surface area contributed by atoms with Gasteiger partial charge in [-0.1, -0.05) is 13.0 Å². The van der Waals surface area contributed by atoms with Gasteiger partial charge in [-0.3, -0.25) is 4.79 Å². The van der Waals surface area contributed by atoms with Gasteiger partial charge in [0, 0.05) is 17.4 Å². The average Bonchev–Trinajstić information content (AvgIpc) is 2.38. The normalized spacial score (nSPS) is 10.3. The maximum absolute atomic E-state index is 12.9. The first-order valence-corrected chi connectivity index (χ1v) is 6.19. The number of aromatic hydroxyl groups is 1. The fourth-order valence-electron chi connectivity index (χ4n) is 1.89. The number of phenolic OH excluding ortho intramolecular Hbond substituents is 1. The number of phenols is 1. The van der Waals surface area contributed by atoms with E-state index in [1.54, 1.807) is 12.1 Å². The molecule has 0 aliphatic carbocycles. The van der Waals surface area contributed by atoms with Crippen LogP contribution in [0.3, 0.4) is 0 Å². The molecular formula is C15H15FN2O2. The summed E-state index contributed by atoms with van der Waals surface area (Å²) >= 11 is 0. The van der Waals surface area contributed by atoms with E-state index in [4.69, 9.17) is 5.73 Å². The molecule has 0 fully saturated rings. The summed E-state index contributed by atoms with van der Waals surface area (Å²) in [6, 6.07) is 8.44. The molecule has 2 rings (SSSR count). The van der Waals surface area contributed by atoms with Crippen LogP contribution >= 0.6 is 0 Å². The number of nitrogen functional groups attached to an aromatic ring is 1. The minimum absolute atomic E-state index is 0.00420. The van der Waals surface area contributed by atoms with Crippen LogP contribution in [0, 0.1) is 5.82 Å². The molecule has 0 atom stereocenters. The zero-order valence-electron chi connectivity index (χ0n) is 11.0. The van der Waals surface area contributed by atoms with Crippen LogP contribution < -0.4 is 11.1 Å². The quantitative estimate of drug-likeness (QED) is 0.753. The third-order valence-electron chi connectivity index (χ3n) is 2.99. The van der Waals surface area contributed by atoms with Gasteiger partial charge in [-0.15, -0.1) is 0 Å². The first kappa shape index (κ1) is 13.9. The van der Waals surface area contributed by atoms with Gasteiger partial charge in [0.05, 0.1) is 5.56 Å². The average molecular weight is 274 g/mol. The molecule has 0 aromatic heterocycles. The fraction of sp³-hybridized carbons (Fsp3) is 0.133. The van der Waals surface area contributed by atoms with Crippen molar-refractivity contribution in [2.24, 2.45) is 0 Å². The molecule has 4 N–H and O–H groups in total. The zero-order chi connectivity index (χ0) is 14.7. The first-order chi connectivity index (χ1) is 9.51. The van der Waals surface area contributed by atoms with Gasteiger partial charge in [0.1, 0.15) is 11.6 Å². The number of aryl methyl sites for hydroxylation is 1. The van der Waals surface area contributed by atoms with Gasteiger partial charge in [0.25, 0.3) is 5.91 Å². The second-order valence-electron chi connectivity index (χ2n) is 4.38. The van der Waals surface area contributed by atoms with Crippen molar-refractivity contribution >= 4 is 17.3 Å². The lowest BCUT2D eigenvalue weighted by molar-refractivity contribution is 0.102. The van der Waals surface area contributed by atoms with Crippen LogP contribution in [-0.4, -0.2) is 11.0 Å². The van der Waals surface area contributed by atoms with Gasteiger partial charge in [-0.05, 0) is 36.2 Å². The summed E-state index contributed by atoms with van der Waals surface area (Å²) in [5, 5.41) is 12.2. The summed E-state index contributed by atoms with van der Waals surface area (Å²) in [6.07, 6.45) is 0.804. The molecule has 0 heterocycles. The van der Waals surface area contributed by atoms with Gasteiger partial charge in [-0.2, -0.15) is 0 Å². The second kappa shape index (κ2) is 5.61. The van der Waals surface area contributed by atoms with E-state index in [2.05, 4.69) is 5.32 Å². The summed E-state index contributed by atoms with van der Waals surface area (Å²) in [5.74, 6) is -1.53. The van der Waals surface area contributed by atoms with Crippen molar-refractivity contribution in [2.45, 2.75) is 13.3 Å². The molecule has 2 aromatic carbocycles. The first-order valence-electron chi connectivity index (χ1n) is 6.19. The highest BCUT2D eigenvalue weighted by molar-refractivity contribution is 6.06. The summed E-state index contributed by atoms with van der Waals surface area (Å²) in [6.45, 7) is 1.99. The van der Waals surface area contributed by atoms with Gasteiger partial charge in [0.2, 0.25) is 0 Å². The van der Waals surface area contributed by atoms with E-state index in [9.17, 15) is 14.3 Å². The number of rotatable bonds is 3. The Balaban J connectivity index is 2.21. The summed E-state index contributed by atoms with van der Waals surface area (Å²) in [5.41, 5.74) is 7.96. The Morgan fingerprint density at radius 3 is 2.65 bits per heavy atom. The molecule has 0 aliphatic rings. The minimum Gasteiger partial charge on any atom is -0.507 e. The molecule has 0 bridgehead atoms. The third-order valence-corrected chi connectivity index (χ3v) is 2.99. The van der Waals surface area contributed by atoms with E-state index < -0.39 is 17.5 Å². The van der Waals surface area contributed by atoms with Gasteiger partial charge in [0.15, 0.2) is 0 Å². The Labute approximate surface area is 116 Å². The Hall–Kier alpha value is -2.56. The molecule has 104 valence electrons. The molecule has 1 amide bonds. The molecule has 0 saturated carbocycles. The number of halogens is 1. The highest BCUT2D eigenvalue weighted by atomic mass is 19.1.